The van der Waals surface area contributed by atoms with E-state index in [1.807, 2.05) is 13.0 Å². The second-order valence-electron chi connectivity index (χ2n) is 6.20. The number of benzene rings is 1. The van der Waals surface area contributed by atoms with Crippen molar-refractivity contribution in [1.29, 1.82) is 0 Å². The lowest BCUT2D eigenvalue weighted by Crippen LogP contribution is -2.40. The Kier molecular flexibility index (Phi) is 4.85. The fourth-order valence-electron chi connectivity index (χ4n) is 3.10. The summed E-state index contributed by atoms with van der Waals surface area (Å²) in [4.78, 5) is 14.7. The summed E-state index contributed by atoms with van der Waals surface area (Å²) in [6.07, 6.45) is 0.433. The number of para-hydroxylation sites is 1. The number of sulfone groups is 1. The minimum atomic E-state index is -3.11. The molecule has 7 heteroatoms. The Morgan fingerprint density at radius 3 is 2.64 bits per heavy atom. The van der Waals surface area contributed by atoms with Crippen molar-refractivity contribution in [2.24, 2.45) is 0 Å². The predicted molar refractivity (Wildman–Crippen MR) is 93.4 cm³/mol. The maximum Gasteiger partial charge on any atom is 0.258 e. The van der Waals surface area contributed by atoms with Crippen molar-refractivity contribution in [3.63, 3.8) is 0 Å². The van der Waals surface area contributed by atoms with Gasteiger partial charge in [0.2, 0.25) is 0 Å². The molecule has 1 saturated heterocycles. The van der Waals surface area contributed by atoms with Crippen molar-refractivity contribution in [1.82, 2.24) is 4.90 Å². The number of nitrogens with zero attached hydrogens (tertiary/aromatic N) is 1. The predicted octanol–water partition coefficient (Wildman–Crippen LogP) is 2.43. The first-order valence-electron chi connectivity index (χ1n) is 8.09. The highest BCUT2D eigenvalue weighted by Crippen LogP contribution is 2.26. The SMILES string of the molecule is COc1ccccc1C(=O)N(Cc1ccc(C)o1)[C@H]1CCS(=O)(=O)C1. The molecule has 6 nitrogen and oxygen atoms in total. The average Bonchev–Trinajstić information content (AvgIpc) is 3.16. The van der Waals surface area contributed by atoms with Crippen LogP contribution in [0.3, 0.4) is 0 Å². The number of furan rings is 1. The maximum atomic E-state index is 13.1. The largest absolute Gasteiger partial charge is 0.496 e. The minimum absolute atomic E-state index is 0.0203. The second kappa shape index (κ2) is 6.92. The molecule has 25 heavy (non-hydrogen) atoms. The molecule has 0 aliphatic carbocycles. The summed E-state index contributed by atoms with van der Waals surface area (Å²) in [6.45, 7) is 2.06. The summed E-state index contributed by atoms with van der Waals surface area (Å²) in [5, 5.41) is 0. The summed E-state index contributed by atoms with van der Waals surface area (Å²) in [7, 11) is -1.61. The van der Waals surface area contributed by atoms with Crippen LogP contribution in [-0.2, 0) is 16.4 Å². The van der Waals surface area contributed by atoms with E-state index in [-0.39, 0.29) is 30.0 Å². The average molecular weight is 363 g/mol. The minimum Gasteiger partial charge on any atom is -0.496 e. The van der Waals surface area contributed by atoms with E-state index in [2.05, 4.69) is 0 Å². The molecule has 1 aromatic heterocycles. The molecule has 0 saturated carbocycles. The maximum absolute atomic E-state index is 13.1. The molecule has 1 aliphatic heterocycles. The highest BCUT2D eigenvalue weighted by molar-refractivity contribution is 7.91. The molecule has 1 aromatic carbocycles. The fourth-order valence-corrected chi connectivity index (χ4v) is 4.83. The van der Waals surface area contributed by atoms with Gasteiger partial charge in [-0.2, -0.15) is 0 Å². The van der Waals surface area contributed by atoms with Crippen LogP contribution in [-0.4, -0.2) is 43.9 Å². The van der Waals surface area contributed by atoms with Gasteiger partial charge >= 0.3 is 0 Å². The lowest BCUT2D eigenvalue weighted by molar-refractivity contribution is 0.0662. The summed E-state index contributed by atoms with van der Waals surface area (Å²) in [5.41, 5.74) is 0.414. The van der Waals surface area contributed by atoms with Gasteiger partial charge in [-0.3, -0.25) is 4.79 Å². The highest BCUT2D eigenvalue weighted by atomic mass is 32.2. The Bertz CT molecular complexity index is 871. The van der Waals surface area contributed by atoms with Crippen LogP contribution in [0.4, 0.5) is 0 Å². The van der Waals surface area contributed by atoms with Gasteiger partial charge in [-0.1, -0.05) is 12.1 Å². The third kappa shape index (κ3) is 3.87. The molecule has 134 valence electrons. The molecule has 0 spiro atoms. The van der Waals surface area contributed by atoms with Gasteiger partial charge in [-0.25, -0.2) is 8.42 Å². The van der Waals surface area contributed by atoms with E-state index in [9.17, 15) is 13.2 Å². The van der Waals surface area contributed by atoms with Gasteiger partial charge in [0.1, 0.15) is 17.3 Å². The summed E-state index contributed by atoms with van der Waals surface area (Å²) in [5.74, 6) is 1.67. The number of carbonyl (C=O) groups excluding carboxylic acids is 1. The monoisotopic (exact) mass is 363 g/mol. The fraction of sp³-hybridized carbons (Fsp3) is 0.389. The van der Waals surface area contributed by atoms with E-state index in [1.54, 1.807) is 35.2 Å². The molecule has 2 aromatic rings. The number of hydrogen-bond donors (Lipinski definition) is 0. The Morgan fingerprint density at radius 2 is 2.04 bits per heavy atom. The Hall–Kier alpha value is -2.28. The van der Waals surface area contributed by atoms with Crippen molar-refractivity contribution >= 4 is 15.7 Å². The molecule has 0 N–H and O–H groups in total. The number of hydrogen-bond acceptors (Lipinski definition) is 5. The summed E-state index contributed by atoms with van der Waals surface area (Å²) in [6, 6.07) is 10.2. The lowest BCUT2D eigenvalue weighted by Gasteiger charge is -2.28. The molecule has 1 atom stereocenters. The third-order valence-electron chi connectivity index (χ3n) is 4.37. The first kappa shape index (κ1) is 17.5. The number of methoxy groups -OCH3 is 1. The number of rotatable bonds is 5. The lowest BCUT2D eigenvalue weighted by atomic mass is 10.1. The van der Waals surface area contributed by atoms with Crippen molar-refractivity contribution in [3.05, 3.63) is 53.5 Å². The number of carbonyl (C=O) groups is 1. The van der Waals surface area contributed by atoms with Gasteiger partial charge in [0, 0.05) is 6.04 Å². The number of amides is 1. The smallest absolute Gasteiger partial charge is 0.258 e. The van der Waals surface area contributed by atoms with Gasteiger partial charge in [0.25, 0.3) is 5.91 Å². The topological polar surface area (TPSA) is 76.8 Å². The van der Waals surface area contributed by atoms with E-state index < -0.39 is 9.84 Å². The molecule has 1 fully saturated rings. The first-order valence-corrected chi connectivity index (χ1v) is 9.91. The number of ether oxygens (including phenoxy) is 1. The van der Waals surface area contributed by atoms with Crippen LogP contribution >= 0.6 is 0 Å². The van der Waals surface area contributed by atoms with Crippen molar-refractivity contribution in [3.8, 4) is 5.75 Å². The quantitative estimate of drug-likeness (QED) is 0.815. The van der Waals surface area contributed by atoms with Crippen LogP contribution in [0, 0.1) is 6.92 Å². The Morgan fingerprint density at radius 1 is 1.28 bits per heavy atom. The molecular formula is C18H21NO5S. The van der Waals surface area contributed by atoms with Crippen LogP contribution in [0.15, 0.2) is 40.8 Å². The molecular weight excluding hydrogens is 342 g/mol. The van der Waals surface area contributed by atoms with E-state index >= 15 is 0 Å². The normalized spacial score (nSPS) is 18.9. The van der Waals surface area contributed by atoms with Gasteiger partial charge < -0.3 is 14.1 Å². The van der Waals surface area contributed by atoms with Gasteiger partial charge in [-0.05, 0) is 37.6 Å². The molecule has 1 amide bonds. The zero-order chi connectivity index (χ0) is 18.0. The molecule has 1 aliphatic rings. The van der Waals surface area contributed by atoms with Crippen molar-refractivity contribution in [2.75, 3.05) is 18.6 Å². The number of aryl methyl sites for hydroxylation is 1. The third-order valence-corrected chi connectivity index (χ3v) is 6.12. The van der Waals surface area contributed by atoms with E-state index in [4.69, 9.17) is 9.15 Å². The second-order valence-corrected chi connectivity index (χ2v) is 8.43. The van der Waals surface area contributed by atoms with Gasteiger partial charge in [0.15, 0.2) is 9.84 Å². The van der Waals surface area contributed by atoms with E-state index in [0.717, 1.165) is 5.76 Å². The van der Waals surface area contributed by atoms with Gasteiger partial charge in [-0.15, -0.1) is 0 Å². The van der Waals surface area contributed by atoms with Crippen LogP contribution in [0.1, 0.15) is 28.3 Å². The van der Waals surface area contributed by atoms with Crippen molar-refractivity contribution < 1.29 is 22.4 Å². The Labute approximate surface area is 147 Å². The molecule has 0 bridgehead atoms. The zero-order valence-corrected chi connectivity index (χ0v) is 15.1. The van der Waals surface area contributed by atoms with Crippen LogP contribution in [0.5, 0.6) is 5.75 Å². The van der Waals surface area contributed by atoms with Crippen LogP contribution < -0.4 is 4.74 Å². The van der Waals surface area contributed by atoms with E-state index in [0.29, 0.717) is 23.5 Å². The molecule has 2 heterocycles. The zero-order valence-electron chi connectivity index (χ0n) is 14.3. The van der Waals surface area contributed by atoms with Crippen molar-refractivity contribution in [2.45, 2.75) is 25.9 Å². The standard InChI is InChI=1S/C18H21NO5S/c1-13-7-8-15(24-13)11-19(14-9-10-25(21,22)12-14)18(20)16-5-3-4-6-17(16)23-2/h3-8,14H,9-12H2,1-2H3/t14-/m0/s1. The van der Waals surface area contributed by atoms with Crippen LogP contribution in [0.2, 0.25) is 0 Å². The molecule has 0 radical (unpaired) electrons. The highest BCUT2D eigenvalue weighted by Gasteiger charge is 2.36. The molecule has 3 rings (SSSR count). The van der Waals surface area contributed by atoms with E-state index in [1.165, 1.54) is 7.11 Å². The molecule has 0 unspecified atom stereocenters. The van der Waals surface area contributed by atoms with Crippen LogP contribution in [0.25, 0.3) is 0 Å². The van der Waals surface area contributed by atoms with Gasteiger partial charge in [0.05, 0.1) is 30.7 Å². The summed E-state index contributed by atoms with van der Waals surface area (Å²) >= 11 is 0. The summed E-state index contributed by atoms with van der Waals surface area (Å²) < 4.78 is 34.7. The Balaban J connectivity index is 1.94. The first-order chi connectivity index (χ1) is 11.9.